The van der Waals surface area contributed by atoms with E-state index in [1.807, 2.05) is 54.6 Å². The molecule has 4 aromatic carbocycles. The van der Waals surface area contributed by atoms with Gasteiger partial charge in [0.15, 0.2) is 9.84 Å². The number of nitrogens with two attached hydrogens (primary N) is 1. The molecular formula is C28H28N4O3S. The summed E-state index contributed by atoms with van der Waals surface area (Å²) in [6, 6.07) is 30.9. The molecule has 0 saturated carbocycles. The van der Waals surface area contributed by atoms with Gasteiger partial charge in [0, 0.05) is 24.1 Å². The Morgan fingerprint density at radius 3 is 2.17 bits per heavy atom. The van der Waals surface area contributed by atoms with Crippen LogP contribution in [0.3, 0.4) is 0 Å². The van der Waals surface area contributed by atoms with Gasteiger partial charge in [-0.25, -0.2) is 18.2 Å². The van der Waals surface area contributed by atoms with Crippen molar-refractivity contribution in [2.24, 2.45) is 5.73 Å². The minimum Gasteiger partial charge on any atom is -0.326 e. The summed E-state index contributed by atoms with van der Waals surface area (Å²) in [4.78, 5) is 13.5. The minimum atomic E-state index is -3.38. The normalized spacial score (nSPS) is 11.1. The Labute approximate surface area is 211 Å². The molecule has 4 rings (SSSR count). The zero-order valence-electron chi connectivity index (χ0n) is 19.9. The first-order valence-electron chi connectivity index (χ1n) is 11.4. The second-order valence-corrected chi connectivity index (χ2v) is 10.3. The fourth-order valence-corrected chi connectivity index (χ4v) is 4.72. The highest BCUT2D eigenvalue weighted by molar-refractivity contribution is 7.90. The van der Waals surface area contributed by atoms with Crippen LogP contribution in [-0.4, -0.2) is 25.7 Å². The molecular weight excluding hydrogens is 472 g/mol. The summed E-state index contributed by atoms with van der Waals surface area (Å²) in [6.07, 6.45) is 1.19. The van der Waals surface area contributed by atoms with Crippen molar-refractivity contribution < 1.29 is 13.2 Å². The zero-order chi connectivity index (χ0) is 25.5. The van der Waals surface area contributed by atoms with E-state index in [0.717, 1.165) is 22.4 Å². The maximum atomic E-state index is 13.3. The van der Waals surface area contributed by atoms with Crippen LogP contribution in [0.4, 0.5) is 16.2 Å². The fraction of sp³-hybridized carbons (Fsp3) is 0.107. The van der Waals surface area contributed by atoms with Crippen molar-refractivity contribution in [2.45, 2.75) is 18.0 Å². The molecule has 4 aromatic rings. The van der Waals surface area contributed by atoms with Crippen molar-refractivity contribution in [3.8, 4) is 11.1 Å². The van der Waals surface area contributed by atoms with E-state index in [4.69, 9.17) is 5.73 Å². The Morgan fingerprint density at radius 1 is 0.806 bits per heavy atom. The van der Waals surface area contributed by atoms with Gasteiger partial charge in [-0.05, 0) is 47.0 Å². The molecule has 184 valence electrons. The highest BCUT2D eigenvalue weighted by atomic mass is 32.2. The third-order valence-electron chi connectivity index (χ3n) is 5.59. The molecule has 0 aliphatic rings. The molecule has 0 bridgehead atoms. The average molecular weight is 501 g/mol. The number of carbonyl (C=O) groups is 1. The number of nitrogens with one attached hydrogen (secondary N) is 2. The van der Waals surface area contributed by atoms with Crippen molar-refractivity contribution in [3.63, 3.8) is 0 Å². The zero-order valence-corrected chi connectivity index (χ0v) is 20.7. The predicted octanol–water partition coefficient (Wildman–Crippen LogP) is 5.28. The molecule has 4 N–H and O–H groups in total. The van der Waals surface area contributed by atoms with Gasteiger partial charge in [0.1, 0.15) is 0 Å². The molecule has 0 aromatic heterocycles. The first kappa shape index (κ1) is 25.0. The average Bonchev–Trinajstić information content (AvgIpc) is 2.89. The highest BCUT2D eigenvalue weighted by Crippen LogP contribution is 2.28. The van der Waals surface area contributed by atoms with Gasteiger partial charge in [-0.15, -0.1) is 0 Å². The standard InChI is InChI=1S/C28H28N4O3S/c1-36(34,35)27-13-6-5-12-26(27)23-14-16-24(17-15-23)30-28(33)32(20-21-8-3-2-4-9-21)31-25-11-7-10-22(18-25)19-29/h2-18,31H,19-20,29H2,1H3,(H,30,33). The topological polar surface area (TPSA) is 105 Å². The van der Waals surface area contributed by atoms with Gasteiger partial charge >= 0.3 is 6.03 Å². The van der Waals surface area contributed by atoms with Crippen molar-refractivity contribution in [3.05, 3.63) is 114 Å². The fourth-order valence-electron chi connectivity index (χ4n) is 3.80. The molecule has 0 fully saturated rings. The summed E-state index contributed by atoms with van der Waals surface area (Å²) in [5.74, 6) is 0. The molecule has 0 atom stereocenters. The van der Waals surface area contributed by atoms with Crippen LogP contribution in [0.15, 0.2) is 108 Å². The van der Waals surface area contributed by atoms with Crippen LogP contribution in [0.2, 0.25) is 0 Å². The van der Waals surface area contributed by atoms with Crippen LogP contribution in [0, 0.1) is 0 Å². The second-order valence-electron chi connectivity index (χ2n) is 8.36. The summed E-state index contributed by atoms with van der Waals surface area (Å²) < 4.78 is 24.4. The van der Waals surface area contributed by atoms with Gasteiger partial charge in [-0.3, -0.25) is 5.43 Å². The molecule has 7 nitrogen and oxygen atoms in total. The number of hydrazine groups is 1. The maximum Gasteiger partial charge on any atom is 0.340 e. The number of hydrogen-bond donors (Lipinski definition) is 3. The molecule has 36 heavy (non-hydrogen) atoms. The summed E-state index contributed by atoms with van der Waals surface area (Å²) in [5.41, 5.74) is 13.5. The van der Waals surface area contributed by atoms with Crippen molar-refractivity contribution in [1.29, 1.82) is 0 Å². The third kappa shape index (κ3) is 6.29. The largest absolute Gasteiger partial charge is 0.340 e. The summed E-state index contributed by atoms with van der Waals surface area (Å²) >= 11 is 0. The van der Waals surface area contributed by atoms with E-state index in [1.54, 1.807) is 48.5 Å². The number of sulfone groups is 1. The van der Waals surface area contributed by atoms with Gasteiger partial charge in [-0.1, -0.05) is 72.8 Å². The smallest absolute Gasteiger partial charge is 0.326 e. The molecule has 0 spiro atoms. The number of anilines is 2. The van der Waals surface area contributed by atoms with E-state index in [0.29, 0.717) is 24.3 Å². The number of benzene rings is 4. The third-order valence-corrected chi connectivity index (χ3v) is 6.74. The van der Waals surface area contributed by atoms with Crippen LogP contribution in [0.5, 0.6) is 0 Å². The summed E-state index contributed by atoms with van der Waals surface area (Å²) in [7, 11) is -3.38. The number of nitrogens with zero attached hydrogens (tertiary/aromatic N) is 1. The number of hydrogen-bond acceptors (Lipinski definition) is 5. The number of rotatable bonds is 8. The second kappa shape index (κ2) is 11.1. The van der Waals surface area contributed by atoms with Crippen LogP contribution in [0.1, 0.15) is 11.1 Å². The molecule has 2 amide bonds. The van der Waals surface area contributed by atoms with E-state index >= 15 is 0 Å². The SMILES string of the molecule is CS(=O)(=O)c1ccccc1-c1ccc(NC(=O)N(Cc2ccccc2)Nc2cccc(CN)c2)cc1. The van der Waals surface area contributed by atoms with Crippen LogP contribution in [0.25, 0.3) is 11.1 Å². The minimum absolute atomic E-state index is 0.264. The first-order valence-corrected chi connectivity index (χ1v) is 13.3. The first-order chi connectivity index (χ1) is 17.3. The van der Waals surface area contributed by atoms with Crippen LogP contribution < -0.4 is 16.5 Å². The Kier molecular flexibility index (Phi) is 7.68. The molecule has 0 saturated heterocycles. The van der Waals surface area contributed by atoms with E-state index in [-0.39, 0.29) is 10.9 Å². The monoisotopic (exact) mass is 500 g/mol. The van der Waals surface area contributed by atoms with E-state index in [1.165, 1.54) is 11.3 Å². The van der Waals surface area contributed by atoms with Crippen LogP contribution in [-0.2, 0) is 22.9 Å². The summed E-state index contributed by atoms with van der Waals surface area (Å²) in [6.45, 7) is 0.731. The quantitative estimate of drug-likeness (QED) is 0.286. The number of carbonyl (C=O) groups excluding carboxylic acids is 1. The Balaban J connectivity index is 1.55. The van der Waals surface area contributed by atoms with Gasteiger partial charge in [0.25, 0.3) is 0 Å². The van der Waals surface area contributed by atoms with E-state index < -0.39 is 9.84 Å². The lowest BCUT2D eigenvalue weighted by atomic mass is 10.1. The van der Waals surface area contributed by atoms with Gasteiger partial charge in [0.05, 0.1) is 17.1 Å². The highest BCUT2D eigenvalue weighted by Gasteiger charge is 2.17. The maximum absolute atomic E-state index is 13.3. The van der Waals surface area contributed by atoms with Gasteiger partial charge in [0.2, 0.25) is 0 Å². The van der Waals surface area contributed by atoms with E-state index in [2.05, 4.69) is 10.7 Å². The van der Waals surface area contributed by atoms with Crippen molar-refractivity contribution in [2.75, 3.05) is 17.0 Å². The van der Waals surface area contributed by atoms with Crippen LogP contribution >= 0.6 is 0 Å². The lowest BCUT2D eigenvalue weighted by Gasteiger charge is -2.25. The molecule has 0 aliphatic carbocycles. The Bertz CT molecular complexity index is 1440. The summed E-state index contributed by atoms with van der Waals surface area (Å²) in [5, 5.41) is 4.41. The Morgan fingerprint density at radius 2 is 1.47 bits per heavy atom. The van der Waals surface area contributed by atoms with Gasteiger partial charge < -0.3 is 11.1 Å². The molecule has 8 heteroatoms. The van der Waals surface area contributed by atoms with Gasteiger partial charge in [-0.2, -0.15) is 0 Å². The Hall–Kier alpha value is -4.14. The molecule has 0 radical (unpaired) electrons. The molecule has 0 aliphatic heterocycles. The molecule has 0 heterocycles. The predicted molar refractivity (Wildman–Crippen MR) is 144 cm³/mol. The number of urea groups is 1. The van der Waals surface area contributed by atoms with Crippen molar-refractivity contribution >= 4 is 27.2 Å². The number of amides is 2. The lowest BCUT2D eigenvalue weighted by molar-refractivity contribution is 0.220. The van der Waals surface area contributed by atoms with Crippen molar-refractivity contribution in [1.82, 2.24) is 5.01 Å². The molecule has 0 unspecified atom stereocenters. The lowest BCUT2D eigenvalue weighted by Crippen LogP contribution is -2.39. The van der Waals surface area contributed by atoms with E-state index in [9.17, 15) is 13.2 Å².